The van der Waals surface area contributed by atoms with Crippen LogP contribution >= 0.6 is 11.6 Å². The highest BCUT2D eigenvalue weighted by molar-refractivity contribution is 6.30. The maximum Gasteiger partial charge on any atom is 0.229 e. The monoisotopic (exact) mass is 357 g/mol. The largest absolute Gasteiger partial charge is 0.323 e. The van der Waals surface area contributed by atoms with E-state index in [1.165, 1.54) is 11.1 Å². The molecule has 0 radical (unpaired) electrons. The van der Waals surface area contributed by atoms with Crippen molar-refractivity contribution in [1.29, 1.82) is 0 Å². The van der Waals surface area contributed by atoms with Gasteiger partial charge in [-0.2, -0.15) is 10.2 Å². The fourth-order valence-electron chi connectivity index (χ4n) is 2.54. The summed E-state index contributed by atoms with van der Waals surface area (Å²) in [6.07, 6.45) is 6.75. The summed E-state index contributed by atoms with van der Waals surface area (Å²) in [7, 11) is 0. The number of aromatic nitrogens is 4. The summed E-state index contributed by atoms with van der Waals surface area (Å²) in [6, 6.07) is 8.18. The van der Waals surface area contributed by atoms with Crippen molar-refractivity contribution >= 4 is 23.2 Å². The highest BCUT2D eigenvalue weighted by Crippen LogP contribution is 2.13. The van der Waals surface area contributed by atoms with Gasteiger partial charge < -0.3 is 5.32 Å². The third-order valence-electron chi connectivity index (χ3n) is 4.00. The Morgan fingerprint density at radius 3 is 2.68 bits per heavy atom. The summed E-state index contributed by atoms with van der Waals surface area (Å²) in [6.45, 7) is 5.06. The average Bonchev–Trinajstić information content (AvgIpc) is 3.18. The number of benzene rings is 1. The molecule has 0 saturated heterocycles. The molecule has 0 bridgehead atoms. The lowest BCUT2D eigenvalue weighted by Crippen LogP contribution is -2.24. The third kappa shape index (κ3) is 4.48. The molecular weight excluding hydrogens is 338 g/mol. The summed E-state index contributed by atoms with van der Waals surface area (Å²) in [4.78, 5) is 12.3. The predicted octanol–water partition coefficient (Wildman–Crippen LogP) is 3.36. The van der Waals surface area contributed by atoms with Crippen molar-refractivity contribution in [3.8, 4) is 0 Å². The summed E-state index contributed by atoms with van der Waals surface area (Å²) < 4.78 is 3.48. The van der Waals surface area contributed by atoms with Gasteiger partial charge in [0.25, 0.3) is 0 Å². The highest BCUT2D eigenvalue weighted by Gasteiger charge is 2.15. The van der Waals surface area contributed by atoms with Crippen molar-refractivity contribution < 1.29 is 4.79 Å². The molecule has 0 fully saturated rings. The SMILES string of the molecule is Cc1ccccc1Cn1cc(NC(=O)C(C)Cn2cc(Cl)cn2)cn1. The minimum atomic E-state index is -0.240. The molecule has 1 amide bonds. The summed E-state index contributed by atoms with van der Waals surface area (Å²) in [5.74, 6) is -0.322. The molecule has 0 saturated carbocycles. The van der Waals surface area contributed by atoms with Crippen LogP contribution in [-0.4, -0.2) is 25.5 Å². The zero-order valence-electron chi connectivity index (χ0n) is 14.2. The van der Waals surface area contributed by atoms with Gasteiger partial charge in [-0.15, -0.1) is 0 Å². The Kier molecular flexibility index (Phi) is 5.19. The molecule has 25 heavy (non-hydrogen) atoms. The topological polar surface area (TPSA) is 64.7 Å². The zero-order chi connectivity index (χ0) is 17.8. The summed E-state index contributed by atoms with van der Waals surface area (Å²) in [5, 5.41) is 11.9. The fourth-order valence-corrected chi connectivity index (χ4v) is 2.70. The standard InChI is InChI=1S/C18H20ClN5O/c1-13-5-3-4-6-15(13)10-24-12-17(8-21-24)22-18(25)14(2)9-23-11-16(19)7-20-23/h3-8,11-12,14H,9-10H2,1-2H3,(H,22,25). The van der Waals surface area contributed by atoms with Crippen LogP contribution in [0.5, 0.6) is 0 Å². The van der Waals surface area contributed by atoms with E-state index in [1.807, 2.05) is 29.9 Å². The van der Waals surface area contributed by atoms with Gasteiger partial charge in [0, 0.05) is 12.4 Å². The predicted molar refractivity (Wildman–Crippen MR) is 97.5 cm³/mol. The van der Waals surface area contributed by atoms with E-state index >= 15 is 0 Å². The van der Waals surface area contributed by atoms with Crippen molar-refractivity contribution in [2.75, 3.05) is 5.32 Å². The molecule has 0 spiro atoms. The first-order chi connectivity index (χ1) is 12.0. The average molecular weight is 358 g/mol. The van der Waals surface area contributed by atoms with Crippen molar-refractivity contribution in [1.82, 2.24) is 19.6 Å². The second-order valence-electron chi connectivity index (χ2n) is 6.12. The molecule has 1 N–H and O–H groups in total. The molecule has 1 unspecified atom stereocenters. The quantitative estimate of drug-likeness (QED) is 0.735. The molecule has 0 aliphatic heterocycles. The molecule has 2 heterocycles. The molecule has 1 aromatic carbocycles. The van der Waals surface area contributed by atoms with Crippen molar-refractivity contribution in [3.05, 3.63) is 65.2 Å². The Balaban J connectivity index is 1.59. The molecule has 3 aromatic rings. The van der Waals surface area contributed by atoms with Gasteiger partial charge in [0.2, 0.25) is 5.91 Å². The number of hydrogen-bond acceptors (Lipinski definition) is 3. The molecule has 7 heteroatoms. The van der Waals surface area contributed by atoms with Gasteiger partial charge in [-0.05, 0) is 18.1 Å². The van der Waals surface area contributed by atoms with Gasteiger partial charge in [0.05, 0.1) is 42.1 Å². The maximum atomic E-state index is 12.3. The second-order valence-corrected chi connectivity index (χ2v) is 6.56. The van der Waals surface area contributed by atoms with Crippen LogP contribution in [0.1, 0.15) is 18.1 Å². The van der Waals surface area contributed by atoms with E-state index in [0.29, 0.717) is 23.8 Å². The van der Waals surface area contributed by atoms with E-state index in [2.05, 4.69) is 34.6 Å². The molecule has 130 valence electrons. The van der Waals surface area contributed by atoms with Crippen LogP contribution in [0.15, 0.2) is 49.1 Å². The number of aryl methyl sites for hydroxylation is 1. The van der Waals surface area contributed by atoms with E-state index in [9.17, 15) is 4.79 Å². The smallest absolute Gasteiger partial charge is 0.229 e. The van der Waals surface area contributed by atoms with Crippen LogP contribution < -0.4 is 5.32 Å². The number of halogens is 1. The molecular formula is C18H20ClN5O. The van der Waals surface area contributed by atoms with Crippen LogP contribution in [0.25, 0.3) is 0 Å². The number of anilines is 1. The van der Waals surface area contributed by atoms with Gasteiger partial charge >= 0.3 is 0 Å². The lowest BCUT2D eigenvalue weighted by molar-refractivity contribution is -0.119. The van der Waals surface area contributed by atoms with Crippen LogP contribution in [0.2, 0.25) is 5.02 Å². The number of nitrogens with zero attached hydrogens (tertiary/aromatic N) is 4. The molecule has 3 rings (SSSR count). The van der Waals surface area contributed by atoms with E-state index in [0.717, 1.165) is 0 Å². The van der Waals surface area contributed by atoms with Gasteiger partial charge in [0.1, 0.15) is 0 Å². The fraction of sp³-hybridized carbons (Fsp3) is 0.278. The third-order valence-corrected chi connectivity index (χ3v) is 4.20. The van der Waals surface area contributed by atoms with E-state index in [4.69, 9.17) is 11.6 Å². The van der Waals surface area contributed by atoms with Crippen molar-refractivity contribution in [2.45, 2.75) is 26.9 Å². The minimum Gasteiger partial charge on any atom is -0.323 e. The number of rotatable bonds is 6. The Morgan fingerprint density at radius 1 is 1.20 bits per heavy atom. The van der Waals surface area contributed by atoms with Gasteiger partial charge in [-0.3, -0.25) is 14.2 Å². The van der Waals surface area contributed by atoms with Gasteiger partial charge in [-0.1, -0.05) is 42.8 Å². The lowest BCUT2D eigenvalue weighted by Gasteiger charge is -2.11. The van der Waals surface area contributed by atoms with Crippen LogP contribution in [0, 0.1) is 12.8 Å². The molecule has 0 aliphatic rings. The van der Waals surface area contributed by atoms with Crippen LogP contribution in [0.4, 0.5) is 5.69 Å². The first kappa shape index (κ1) is 17.2. The maximum absolute atomic E-state index is 12.3. The first-order valence-electron chi connectivity index (χ1n) is 8.07. The lowest BCUT2D eigenvalue weighted by atomic mass is 10.1. The van der Waals surface area contributed by atoms with Gasteiger partial charge in [-0.25, -0.2) is 0 Å². The zero-order valence-corrected chi connectivity index (χ0v) is 14.9. The number of amides is 1. The Hall–Kier alpha value is -2.60. The van der Waals surface area contributed by atoms with Gasteiger partial charge in [0.15, 0.2) is 0 Å². The Bertz CT molecular complexity index is 870. The number of hydrogen-bond donors (Lipinski definition) is 1. The van der Waals surface area contributed by atoms with E-state index in [-0.39, 0.29) is 11.8 Å². The summed E-state index contributed by atoms with van der Waals surface area (Å²) >= 11 is 5.84. The van der Waals surface area contributed by atoms with Crippen LogP contribution in [-0.2, 0) is 17.9 Å². The van der Waals surface area contributed by atoms with Crippen molar-refractivity contribution in [2.24, 2.45) is 5.92 Å². The molecule has 1 atom stereocenters. The minimum absolute atomic E-state index is 0.0814. The Labute approximate surface area is 151 Å². The summed E-state index contributed by atoms with van der Waals surface area (Å²) in [5.41, 5.74) is 3.10. The molecule has 2 aromatic heterocycles. The van der Waals surface area contributed by atoms with E-state index in [1.54, 1.807) is 23.3 Å². The normalized spacial score (nSPS) is 12.1. The van der Waals surface area contributed by atoms with Crippen LogP contribution in [0.3, 0.4) is 0 Å². The van der Waals surface area contributed by atoms with E-state index < -0.39 is 0 Å². The number of carbonyl (C=O) groups is 1. The van der Waals surface area contributed by atoms with Crippen molar-refractivity contribution in [3.63, 3.8) is 0 Å². The second kappa shape index (κ2) is 7.53. The first-order valence-corrected chi connectivity index (χ1v) is 8.45. The molecule has 0 aliphatic carbocycles. The highest BCUT2D eigenvalue weighted by atomic mass is 35.5. The Morgan fingerprint density at radius 2 is 1.96 bits per heavy atom. The molecule has 6 nitrogen and oxygen atoms in total. The number of nitrogens with one attached hydrogen (secondary N) is 1. The number of carbonyl (C=O) groups excluding carboxylic acids is 1.